The molecule has 0 spiro atoms. The minimum absolute atomic E-state index is 0.0180. The van der Waals surface area contributed by atoms with Crippen LogP contribution in [0.3, 0.4) is 0 Å². The van der Waals surface area contributed by atoms with Crippen LogP contribution < -0.4 is 10.1 Å². The molecular formula is C20H26N2O2. The molecule has 4 heteroatoms. The third-order valence-electron chi connectivity index (χ3n) is 3.91. The number of methoxy groups -OCH3 is 1. The lowest BCUT2D eigenvalue weighted by Crippen LogP contribution is -2.25. The Kier molecular flexibility index (Phi) is 5.60. The monoisotopic (exact) mass is 326 g/mol. The Labute approximate surface area is 144 Å². The second-order valence-corrected chi connectivity index (χ2v) is 7.06. The van der Waals surface area contributed by atoms with Crippen molar-refractivity contribution in [2.75, 3.05) is 7.11 Å². The van der Waals surface area contributed by atoms with Gasteiger partial charge in [0.15, 0.2) is 0 Å². The van der Waals surface area contributed by atoms with Crippen LogP contribution in [0.2, 0.25) is 0 Å². The van der Waals surface area contributed by atoms with Gasteiger partial charge in [0.25, 0.3) is 0 Å². The van der Waals surface area contributed by atoms with Gasteiger partial charge in [0, 0.05) is 30.1 Å². The van der Waals surface area contributed by atoms with E-state index in [1.165, 1.54) is 0 Å². The molecule has 0 unspecified atom stereocenters. The molecule has 0 fully saturated rings. The molecule has 128 valence electrons. The van der Waals surface area contributed by atoms with Gasteiger partial charge in [-0.05, 0) is 30.0 Å². The van der Waals surface area contributed by atoms with Gasteiger partial charge >= 0.3 is 0 Å². The van der Waals surface area contributed by atoms with Crippen LogP contribution in [0.25, 0.3) is 0 Å². The Bertz CT molecular complexity index is 704. The Morgan fingerprint density at radius 1 is 1.21 bits per heavy atom. The number of benzene rings is 1. The van der Waals surface area contributed by atoms with Gasteiger partial charge in [0.2, 0.25) is 5.91 Å². The first-order valence-electron chi connectivity index (χ1n) is 8.15. The highest BCUT2D eigenvalue weighted by Crippen LogP contribution is 2.35. The summed E-state index contributed by atoms with van der Waals surface area (Å²) in [5, 5.41) is 2.95. The van der Waals surface area contributed by atoms with Crippen LogP contribution in [-0.4, -0.2) is 18.0 Å². The van der Waals surface area contributed by atoms with E-state index >= 15 is 0 Å². The molecule has 0 atom stereocenters. The number of hydrogen-bond donors (Lipinski definition) is 1. The zero-order valence-electron chi connectivity index (χ0n) is 15.1. The van der Waals surface area contributed by atoms with Crippen LogP contribution in [0.4, 0.5) is 0 Å². The molecule has 0 saturated heterocycles. The summed E-state index contributed by atoms with van der Waals surface area (Å²) in [6.07, 6.45) is 3.75. The number of pyridine rings is 1. The number of hydrogen-bond acceptors (Lipinski definition) is 3. The Hall–Kier alpha value is -2.36. The van der Waals surface area contributed by atoms with E-state index in [-0.39, 0.29) is 11.3 Å². The van der Waals surface area contributed by atoms with E-state index in [2.05, 4.69) is 37.1 Å². The van der Waals surface area contributed by atoms with Gasteiger partial charge in [0.05, 0.1) is 13.5 Å². The highest BCUT2D eigenvalue weighted by Gasteiger charge is 2.22. The number of carbonyl (C=O) groups excluding carboxylic acids is 1. The molecule has 2 rings (SSSR count). The second-order valence-electron chi connectivity index (χ2n) is 7.06. The summed E-state index contributed by atoms with van der Waals surface area (Å²) in [7, 11) is 1.66. The largest absolute Gasteiger partial charge is 0.496 e. The topological polar surface area (TPSA) is 51.2 Å². The maximum absolute atomic E-state index is 12.3. The summed E-state index contributed by atoms with van der Waals surface area (Å²) >= 11 is 0. The second kappa shape index (κ2) is 7.47. The normalized spacial score (nSPS) is 11.2. The number of amides is 1. The van der Waals surface area contributed by atoms with Crippen molar-refractivity contribution in [3.05, 3.63) is 58.9 Å². The highest BCUT2D eigenvalue weighted by molar-refractivity contribution is 5.79. The van der Waals surface area contributed by atoms with Crippen LogP contribution in [0.5, 0.6) is 5.75 Å². The molecule has 1 aromatic heterocycles. The van der Waals surface area contributed by atoms with Gasteiger partial charge in [0.1, 0.15) is 5.75 Å². The third kappa shape index (κ3) is 4.57. The number of aromatic nitrogens is 1. The standard InChI is InChI=1S/C20H26N2O2/c1-14-10-16(19(24-5)17(11-14)20(2,3)4)12-18(23)22-13-15-6-8-21-9-7-15/h6-11H,12-13H2,1-5H3,(H,22,23). The minimum atomic E-state index is -0.0420. The van der Waals surface area contributed by atoms with Crippen molar-refractivity contribution in [2.45, 2.75) is 46.1 Å². The van der Waals surface area contributed by atoms with Gasteiger partial charge in [-0.1, -0.05) is 38.5 Å². The van der Waals surface area contributed by atoms with Gasteiger partial charge in [-0.15, -0.1) is 0 Å². The van der Waals surface area contributed by atoms with Crippen LogP contribution in [-0.2, 0) is 23.2 Å². The van der Waals surface area contributed by atoms with Crippen molar-refractivity contribution >= 4 is 5.91 Å². The van der Waals surface area contributed by atoms with Crippen molar-refractivity contribution in [1.82, 2.24) is 10.3 Å². The van der Waals surface area contributed by atoms with Crippen molar-refractivity contribution in [3.8, 4) is 5.75 Å². The zero-order chi connectivity index (χ0) is 17.7. The van der Waals surface area contributed by atoms with Gasteiger partial charge in [-0.3, -0.25) is 9.78 Å². The number of nitrogens with zero attached hydrogens (tertiary/aromatic N) is 1. The molecule has 1 amide bonds. The van der Waals surface area contributed by atoms with Crippen LogP contribution in [0.1, 0.15) is 43.0 Å². The minimum Gasteiger partial charge on any atom is -0.496 e. The predicted octanol–water partition coefficient (Wildman–Crippen LogP) is 3.56. The number of nitrogens with one attached hydrogen (secondary N) is 1. The lowest BCUT2D eigenvalue weighted by Gasteiger charge is -2.24. The summed E-state index contributed by atoms with van der Waals surface area (Å²) < 4.78 is 5.63. The summed E-state index contributed by atoms with van der Waals surface area (Å²) in [6, 6.07) is 7.95. The van der Waals surface area contributed by atoms with E-state index in [4.69, 9.17) is 4.74 Å². The zero-order valence-corrected chi connectivity index (χ0v) is 15.1. The van der Waals surface area contributed by atoms with Crippen LogP contribution in [0.15, 0.2) is 36.7 Å². The number of carbonyl (C=O) groups is 1. The fourth-order valence-corrected chi connectivity index (χ4v) is 2.71. The van der Waals surface area contributed by atoms with Crippen LogP contribution >= 0.6 is 0 Å². The maximum Gasteiger partial charge on any atom is 0.224 e. The third-order valence-corrected chi connectivity index (χ3v) is 3.91. The molecule has 0 radical (unpaired) electrons. The highest BCUT2D eigenvalue weighted by atomic mass is 16.5. The molecule has 4 nitrogen and oxygen atoms in total. The van der Waals surface area contributed by atoms with Crippen molar-refractivity contribution < 1.29 is 9.53 Å². The van der Waals surface area contributed by atoms with Crippen molar-refractivity contribution in [3.63, 3.8) is 0 Å². The van der Waals surface area contributed by atoms with Gasteiger partial charge in [-0.2, -0.15) is 0 Å². The fourth-order valence-electron chi connectivity index (χ4n) is 2.71. The quantitative estimate of drug-likeness (QED) is 0.914. The first kappa shape index (κ1) is 18.0. The van der Waals surface area contributed by atoms with E-state index in [1.807, 2.05) is 25.1 Å². The smallest absolute Gasteiger partial charge is 0.224 e. The first-order valence-corrected chi connectivity index (χ1v) is 8.15. The molecule has 0 aliphatic carbocycles. The summed E-state index contributed by atoms with van der Waals surface area (Å²) in [5.41, 5.74) is 4.18. The molecule has 24 heavy (non-hydrogen) atoms. The molecule has 0 bridgehead atoms. The van der Waals surface area contributed by atoms with E-state index < -0.39 is 0 Å². The summed E-state index contributed by atoms with van der Waals surface area (Å²) in [4.78, 5) is 16.3. The van der Waals surface area contributed by atoms with E-state index in [1.54, 1.807) is 19.5 Å². The molecule has 1 N–H and O–H groups in total. The first-order chi connectivity index (χ1) is 11.3. The van der Waals surface area contributed by atoms with Gasteiger partial charge in [-0.25, -0.2) is 0 Å². The molecule has 2 aromatic rings. The molecular weight excluding hydrogens is 300 g/mol. The summed E-state index contributed by atoms with van der Waals surface area (Å²) in [6.45, 7) is 9.00. The summed E-state index contributed by atoms with van der Waals surface area (Å²) in [5.74, 6) is 0.794. The predicted molar refractivity (Wildman–Crippen MR) is 96.2 cm³/mol. The number of ether oxygens (including phenoxy) is 1. The number of aryl methyl sites for hydroxylation is 1. The Morgan fingerprint density at radius 3 is 2.46 bits per heavy atom. The van der Waals surface area contributed by atoms with Crippen molar-refractivity contribution in [1.29, 1.82) is 0 Å². The van der Waals surface area contributed by atoms with Crippen LogP contribution in [0, 0.1) is 6.92 Å². The molecule has 0 aliphatic heterocycles. The van der Waals surface area contributed by atoms with E-state index in [0.717, 1.165) is 28.0 Å². The lowest BCUT2D eigenvalue weighted by molar-refractivity contribution is -0.120. The SMILES string of the molecule is COc1c(CC(=O)NCc2ccncc2)cc(C)cc1C(C)(C)C. The Morgan fingerprint density at radius 2 is 1.88 bits per heavy atom. The Balaban J connectivity index is 2.16. The molecule has 1 heterocycles. The van der Waals surface area contributed by atoms with E-state index in [0.29, 0.717) is 13.0 Å². The average molecular weight is 326 g/mol. The van der Waals surface area contributed by atoms with Gasteiger partial charge < -0.3 is 10.1 Å². The molecule has 0 saturated carbocycles. The average Bonchev–Trinajstić information content (AvgIpc) is 2.52. The molecule has 1 aromatic carbocycles. The number of rotatable bonds is 5. The lowest BCUT2D eigenvalue weighted by atomic mass is 9.83. The van der Waals surface area contributed by atoms with E-state index in [9.17, 15) is 4.79 Å². The maximum atomic E-state index is 12.3. The fraction of sp³-hybridized carbons (Fsp3) is 0.400. The molecule has 0 aliphatic rings. The van der Waals surface area contributed by atoms with Crippen molar-refractivity contribution in [2.24, 2.45) is 0 Å².